The van der Waals surface area contributed by atoms with Crippen LogP contribution in [0.3, 0.4) is 0 Å². The van der Waals surface area contributed by atoms with E-state index in [0.717, 1.165) is 51.0 Å². The van der Waals surface area contributed by atoms with Crippen molar-refractivity contribution in [2.24, 2.45) is 0 Å². The van der Waals surface area contributed by atoms with Crippen LogP contribution in [0.4, 0.5) is 11.4 Å². The molecular formula is C47H41N7O6. The molecule has 2 aliphatic heterocycles. The summed E-state index contributed by atoms with van der Waals surface area (Å²) in [6.45, 7) is 9.19. The van der Waals surface area contributed by atoms with Crippen LogP contribution < -0.4 is 26.2 Å². The summed E-state index contributed by atoms with van der Waals surface area (Å²) in [7, 11) is 0. The van der Waals surface area contributed by atoms with Gasteiger partial charge >= 0.3 is 0 Å². The van der Waals surface area contributed by atoms with Crippen molar-refractivity contribution < 1.29 is 28.8 Å². The molecule has 13 heteroatoms. The average Bonchev–Trinajstić information content (AvgIpc) is 3.83. The van der Waals surface area contributed by atoms with E-state index in [2.05, 4.69) is 65.4 Å². The number of nitrogens with one attached hydrogen (secondary N) is 3. The predicted molar refractivity (Wildman–Crippen MR) is 226 cm³/mol. The van der Waals surface area contributed by atoms with E-state index in [1.807, 2.05) is 28.9 Å². The van der Waals surface area contributed by atoms with Crippen molar-refractivity contribution >= 4 is 74.2 Å². The highest BCUT2D eigenvalue weighted by Gasteiger charge is 2.40. The highest BCUT2D eigenvalue weighted by molar-refractivity contribution is 6.10. The standard InChI is InChI=1S/C47H41N7O6/c1-4-29-20-33-34(24-56)44-31-12-10-28(22-48)19-37(31)51-46(44)47(2,3)35(33)21-40(29)52-15-17-53(18-16-52)43(60)9-6-14-49-36-8-5-7-32-41(26-58)54(42(27-59)45(32)36)39-13-11-30(23-55)50-38(39)25-57/h5,7-8,10,12,19-21,39,49-51H,4,6,9,11,13-18H2,1-3H3. The topological polar surface area (TPSA) is 177 Å². The number of carbonyl (C=O) groups excluding carboxylic acids is 6. The molecule has 8 rings (SSSR count). The van der Waals surface area contributed by atoms with E-state index in [1.165, 1.54) is 4.57 Å². The van der Waals surface area contributed by atoms with Gasteiger partial charge in [0.2, 0.25) is 5.91 Å². The van der Waals surface area contributed by atoms with E-state index in [9.17, 15) is 34.0 Å². The third kappa shape index (κ3) is 6.39. The summed E-state index contributed by atoms with van der Waals surface area (Å²) in [5, 5.41) is 17.5. The van der Waals surface area contributed by atoms with Crippen LogP contribution >= 0.6 is 0 Å². The van der Waals surface area contributed by atoms with Crippen LogP contribution in [-0.4, -0.2) is 82.8 Å². The lowest BCUT2D eigenvalue weighted by Gasteiger charge is -2.39. The Morgan fingerprint density at radius 2 is 1.70 bits per heavy atom. The van der Waals surface area contributed by atoms with Gasteiger partial charge in [-0.2, -0.15) is 5.26 Å². The first-order valence-electron chi connectivity index (χ1n) is 20.1. The zero-order valence-electron chi connectivity index (χ0n) is 33.5. The summed E-state index contributed by atoms with van der Waals surface area (Å²) in [5.41, 5.74) is 7.97. The zero-order valence-corrected chi connectivity index (χ0v) is 33.5. The molecule has 0 saturated carbocycles. The van der Waals surface area contributed by atoms with E-state index in [1.54, 1.807) is 36.1 Å². The van der Waals surface area contributed by atoms with Crippen LogP contribution in [-0.2, 0) is 40.6 Å². The lowest BCUT2D eigenvalue weighted by atomic mass is 9.69. The quantitative estimate of drug-likeness (QED) is 0.156. The smallest absolute Gasteiger partial charge is 0.222 e. The minimum Gasteiger partial charge on any atom is -0.384 e. The fourth-order valence-electron chi connectivity index (χ4n) is 9.32. The molecule has 2 saturated heterocycles. The number of nitrogens with zero attached hydrogens (tertiary/aromatic N) is 4. The number of piperazine rings is 1. The number of hydrogen-bond acceptors (Lipinski definition) is 10. The molecule has 5 aromatic rings. The molecule has 1 amide bonds. The number of fused-ring (bicyclic) bond motifs is 5. The average molecular weight is 800 g/mol. The number of anilines is 2. The van der Waals surface area contributed by atoms with Crippen molar-refractivity contribution in [2.75, 3.05) is 42.9 Å². The van der Waals surface area contributed by atoms with Gasteiger partial charge in [0.25, 0.3) is 0 Å². The Labute approximate surface area is 344 Å². The van der Waals surface area contributed by atoms with Crippen LogP contribution in [0.25, 0.3) is 27.2 Å². The molecule has 2 fully saturated rings. The number of hydrogen-bond donors (Lipinski definition) is 3. The minimum atomic E-state index is -0.764. The van der Waals surface area contributed by atoms with Gasteiger partial charge in [-0.05, 0) is 66.3 Å². The fourth-order valence-corrected chi connectivity index (χ4v) is 9.32. The van der Waals surface area contributed by atoms with Crippen LogP contribution in [0.1, 0.15) is 86.0 Å². The van der Waals surface area contributed by atoms with Crippen molar-refractivity contribution in [1.29, 1.82) is 5.26 Å². The molecule has 1 unspecified atom stereocenters. The number of allylic oxidation sites excluding steroid dienone is 2. The number of aromatic amines is 1. The number of benzene rings is 3. The summed E-state index contributed by atoms with van der Waals surface area (Å²) < 4.78 is 1.42. The number of aromatic nitrogens is 2. The molecular weight excluding hydrogens is 759 g/mol. The van der Waals surface area contributed by atoms with Gasteiger partial charge in [0.15, 0.2) is 11.9 Å². The minimum absolute atomic E-state index is 0.00607. The Hall–Kier alpha value is -7.39. The maximum Gasteiger partial charge on any atom is 0.222 e. The summed E-state index contributed by atoms with van der Waals surface area (Å²) in [4.78, 5) is 81.7. The molecule has 3 aliphatic rings. The SMILES string of the molecule is CCc1cc2c(cc1N1CCN(C(=O)CCCNc3cccc4c(=C=O)n(C5CCC(=C=O)NC5=C=O)c(=C=O)c34)CC1)C(C)(C)c1[nH]c3cc(C#N)ccc3c1C2=C=O. The Morgan fingerprint density at radius 1 is 0.917 bits per heavy atom. The third-order valence-electron chi connectivity index (χ3n) is 12.4. The maximum atomic E-state index is 13.5. The number of rotatable bonds is 8. The lowest BCUT2D eigenvalue weighted by Crippen LogP contribution is -2.49. The highest BCUT2D eigenvalue weighted by atomic mass is 16.2. The lowest BCUT2D eigenvalue weighted by molar-refractivity contribution is -0.131. The maximum absolute atomic E-state index is 13.5. The summed E-state index contributed by atoms with van der Waals surface area (Å²) in [6, 6.07) is 16.5. The van der Waals surface area contributed by atoms with Crippen molar-refractivity contribution in [1.82, 2.24) is 19.8 Å². The highest BCUT2D eigenvalue weighted by Crippen LogP contribution is 2.49. The van der Waals surface area contributed by atoms with Gasteiger partial charge in [-0.25, -0.2) is 24.0 Å². The Bertz CT molecular complexity index is 3020. The Kier molecular flexibility index (Phi) is 10.4. The van der Waals surface area contributed by atoms with Gasteiger partial charge in [-0.1, -0.05) is 39.0 Å². The molecule has 3 N–H and O–H groups in total. The van der Waals surface area contributed by atoms with Crippen molar-refractivity contribution in [3.05, 3.63) is 104 Å². The molecule has 13 nitrogen and oxygen atoms in total. The fraction of sp³-hybridized carbons (Fsp3) is 0.319. The predicted octanol–water partition coefficient (Wildman–Crippen LogP) is 3.36. The zero-order chi connectivity index (χ0) is 42.3. The number of carbonyl (C=O) groups is 1. The number of amides is 1. The molecule has 3 aromatic carbocycles. The van der Waals surface area contributed by atoms with E-state index in [4.69, 9.17) is 0 Å². The molecule has 60 heavy (non-hydrogen) atoms. The molecule has 0 bridgehead atoms. The molecule has 0 radical (unpaired) electrons. The summed E-state index contributed by atoms with van der Waals surface area (Å²) in [5.74, 6) is 9.75. The van der Waals surface area contributed by atoms with Crippen molar-refractivity contribution in [2.45, 2.75) is 64.3 Å². The van der Waals surface area contributed by atoms with Gasteiger partial charge < -0.3 is 30.0 Å². The van der Waals surface area contributed by atoms with Crippen molar-refractivity contribution in [3.63, 3.8) is 0 Å². The van der Waals surface area contributed by atoms with Gasteiger partial charge in [-0.3, -0.25) is 4.79 Å². The van der Waals surface area contributed by atoms with E-state index in [-0.39, 0.29) is 40.8 Å². The van der Waals surface area contributed by atoms with Gasteiger partial charge in [-0.15, -0.1) is 0 Å². The van der Waals surface area contributed by atoms with Gasteiger partial charge in [0.05, 0.1) is 23.2 Å². The second-order valence-electron chi connectivity index (χ2n) is 15.9. The second kappa shape index (κ2) is 15.8. The van der Waals surface area contributed by atoms with E-state index >= 15 is 0 Å². The molecule has 300 valence electrons. The van der Waals surface area contributed by atoms with Gasteiger partial charge in [0, 0.05) is 95.3 Å². The number of nitriles is 1. The molecule has 1 aliphatic carbocycles. The van der Waals surface area contributed by atoms with E-state index < -0.39 is 11.5 Å². The normalized spacial score (nSPS) is 16.8. The number of H-pyrrole nitrogens is 1. The molecule has 4 heterocycles. The Balaban J connectivity index is 0.951. The molecule has 0 spiro atoms. The van der Waals surface area contributed by atoms with E-state index in [0.29, 0.717) is 73.2 Å². The monoisotopic (exact) mass is 799 g/mol. The van der Waals surface area contributed by atoms with Crippen LogP contribution in [0, 0.1) is 11.3 Å². The largest absolute Gasteiger partial charge is 0.384 e. The summed E-state index contributed by atoms with van der Waals surface area (Å²) in [6.07, 6.45) is 2.08. The molecule has 1 atom stereocenters. The second-order valence-corrected chi connectivity index (χ2v) is 15.9. The first-order chi connectivity index (χ1) is 29.1. The third-order valence-corrected chi connectivity index (χ3v) is 12.4. The molecule has 2 aromatic heterocycles. The number of piperidine rings is 1. The van der Waals surface area contributed by atoms with Crippen LogP contribution in [0.2, 0.25) is 0 Å². The van der Waals surface area contributed by atoms with Crippen molar-refractivity contribution in [3.8, 4) is 6.07 Å². The summed E-state index contributed by atoms with van der Waals surface area (Å²) >= 11 is 0. The Morgan fingerprint density at radius 3 is 2.38 bits per heavy atom. The van der Waals surface area contributed by atoms with Crippen LogP contribution in [0.15, 0.2) is 59.9 Å². The first kappa shape index (κ1) is 39.4. The van der Waals surface area contributed by atoms with Gasteiger partial charge in [0.1, 0.15) is 39.9 Å². The van der Waals surface area contributed by atoms with Crippen LogP contribution in [0.5, 0.6) is 0 Å². The number of aryl methyl sites for hydroxylation is 1. The first-order valence-corrected chi connectivity index (χ1v) is 20.1.